The summed E-state index contributed by atoms with van der Waals surface area (Å²) in [5.74, 6) is 0. The monoisotopic (exact) mass is 524 g/mol. The highest BCUT2D eigenvalue weighted by atomic mass is 31.2. The molecule has 3 aromatic rings. The zero-order valence-electron chi connectivity index (χ0n) is 23.6. The molecule has 0 saturated heterocycles. The van der Waals surface area contributed by atoms with Gasteiger partial charge in [0.1, 0.15) is 0 Å². The van der Waals surface area contributed by atoms with E-state index in [2.05, 4.69) is 130 Å². The lowest BCUT2D eigenvalue weighted by Crippen LogP contribution is -2.25. The normalized spacial score (nSPS) is 13.6. The maximum absolute atomic E-state index is 15.0. The van der Waals surface area contributed by atoms with Gasteiger partial charge in [-0.2, -0.15) is 0 Å². The molecule has 0 spiro atoms. The van der Waals surface area contributed by atoms with Crippen molar-refractivity contribution in [1.82, 2.24) is 0 Å². The molecule has 2 heteroatoms. The Balaban J connectivity index is 1.92. The van der Waals surface area contributed by atoms with Gasteiger partial charge in [-0.1, -0.05) is 149 Å². The molecular weight excluding hydrogens is 479 g/mol. The summed E-state index contributed by atoms with van der Waals surface area (Å²) in [6, 6.07) is 25.3. The molecule has 3 rings (SSSR count). The fourth-order valence-corrected chi connectivity index (χ4v) is 7.09. The Hall–Kier alpha value is -2.89. The summed E-state index contributed by atoms with van der Waals surface area (Å²) < 4.78 is 15.0. The quantitative estimate of drug-likeness (QED) is 0.143. The Morgan fingerprint density at radius 3 is 0.947 bits per heavy atom. The van der Waals surface area contributed by atoms with E-state index in [9.17, 15) is 0 Å². The van der Waals surface area contributed by atoms with Gasteiger partial charge in [-0.3, -0.25) is 0 Å². The molecule has 38 heavy (non-hydrogen) atoms. The van der Waals surface area contributed by atoms with Gasteiger partial charge in [-0.05, 0) is 55.2 Å². The Kier molecular flexibility index (Phi) is 12.6. The maximum atomic E-state index is 15.0. The lowest BCUT2D eigenvalue weighted by molar-refractivity contribution is 0.592. The van der Waals surface area contributed by atoms with Crippen LogP contribution in [-0.2, 0) is 23.8 Å². The first kappa shape index (κ1) is 29.7. The van der Waals surface area contributed by atoms with Gasteiger partial charge in [0.2, 0.25) is 0 Å². The second-order valence-corrected chi connectivity index (χ2v) is 12.8. The van der Waals surface area contributed by atoms with E-state index < -0.39 is 7.14 Å². The molecule has 0 fully saturated rings. The van der Waals surface area contributed by atoms with Gasteiger partial charge in [-0.15, -0.1) is 0 Å². The van der Waals surface area contributed by atoms with E-state index in [-0.39, 0.29) is 0 Å². The Bertz CT molecular complexity index is 1060. The molecule has 0 atom stereocenters. The van der Waals surface area contributed by atoms with Crippen LogP contribution in [0.4, 0.5) is 0 Å². The van der Waals surface area contributed by atoms with Gasteiger partial charge in [0, 0.05) is 15.9 Å². The lowest BCUT2D eigenvalue weighted by Gasteiger charge is -2.21. The number of rotatable bonds is 15. The number of hydrogen-bond acceptors (Lipinski definition) is 1. The summed E-state index contributed by atoms with van der Waals surface area (Å²) >= 11 is 0. The number of benzene rings is 3. The van der Waals surface area contributed by atoms with Crippen molar-refractivity contribution in [2.45, 2.75) is 78.6 Å². The summed E-state index contributed by atoms with van der Waals surface area (Å²) in [6.45, 7) is 6.59. The van der Waals surface area contributed by atoms with Crippen LogP contribution in [0.3, 0.4) is 0 Å². The first-order chi connectivity index (χ1) is 18.6. The molecule has 0 amide bonds. The predicted octanol–water partition coefficient (Wildman–Crippen LogP) is 9.02. The number of hydrogen-bond donors (Lipinski definition) is 0. The summed E-state index contributed by atoms with van der Waals surface area (Å²) in [6.07, 6.45) is 23.0. The first-order valence-corrected chi connectivity index (χ1v) is 16.2. The van der Waals surface area contributed by atoms with Crippen LogP contribution in [0.5, 0.6) is 0 Å². The SMILES string of the molecule is CCCC=CCc1ccc(P(=O)(c2ccc(CC=CCCC)cc2)c2ccc(CC=CCCC)cc2)cc1. The van der Waals surface area contributed by atoms with E-state index >= 15 is 4.57 Å². The topological polar surface area (TPSA) is 17.1 Å². The van der Waals surface area contributed by atoms with Crippen molar-refractivity contribution >= 4 is 23.1 Å². The van der Waals surface area contributed by atoms with Gasteiger partial charge in [-0.25, -0.2) is 0 Å². The van der Waals surface area contributed by atoms with E-state index in [1.165, 1.54) is 36.0 Å². The van der Waals surface area contributed by atoms with Crippen molar-refractivity contribution in [3.8, 4) is 0 Å². The van der Waals surface area contributed by atoms with Gasteiger partial charge in [0.25, 0.3) is 0 Å². The molecule has 0 radical (unpaired) electrons. The lowest BCUT2D eigenvalue weighted by atomic mass is 10.1. The minimum absolute atomic E-state index is 0.893. The molecule has 0 unspecified atom stereocenters. The van der Waals surface area contributed by atoms with Crippen molar-refractivity contribution in [2.24, 2.45) is 0 Å². The average Bonchev–Trinajstić information content (AvgIpc) is 2.96. The van der Waals surface area contributed by atoms with Crippen LogP contribution in [0.25, 0.3) is 0 Å². The molecule has 200 valence electrons. The maximum Gasteiger partial charge on any atom is 0.171 e. The Morgan fingerprint density at radius 2 is 0.711 bits per heavy atom. The standard InChI is InChI=1S/C36H45OP/c1-4-7-10-13-16-31-19-25-34(26-20-31)38(37,35-27-21-32(22-28-35)17-14-11-8-5-2)36-29-23-33(24-30-36)18-15-12-9-6-3/h10-15,19-30H,4-9,16-18H2,1-3H3. The summed E-state index contributed by atoms with van der Waals surface area (Å²) in [5, 5.41) is 2.68. The first-order valence-electron chi connectivity index (χ1n) is 14.4. The molecule has 0 bridgehead atoms. The van der Waals surface area contributed by atoms with Crippen molar-refractivity contribution in [3.63, 3.8) is 0 Å². The van der Waals surface area contributed by atoms with E-state index in [1.54, 1.807) is 0 Å². The van der Waals surface area contributed by atoms with Crippen LogP contribution < -0.4 is 15.9 Å². The highest BCUT2D eigenvalue weighted by Gasteiger charge is 2.29. The van der Waals surface area contributed by atoms with E-state index in [1.807, 2.05) is 0 Å². The summed E-state index contributed by atoms with van der Waals surface area (Å²) in [7, 11) is -3.00. The van der Waals surface area contributed by atoms with Gasteiger partial charge >= 0.3 is 0 Å². The van der Waals surface area contributed by atoms with Crippen LogP contribution in [0.15, 0.2) is 109 Å². The second-order valence-electron chi connectivity index (χ2n) is 10.0. The van der Waals surface area contributed by atoms with E-state index in [4.69, 9.17) is 0 Å². The van der Waals surface area contributed by atoms with Crippen LogP contribution in [0, 0.1) is 0 Å². The van der Waals surface area contributed by atoms with Gasteiger partial charge in [0.15, 0.2) is 7.14 Å². The average molecular weight is 525 g/mol. The van der Waals surface area contributed by atoms with Crippen LogP contribution in [-0.4, -0.2) is 0 Å². The Morgan fingerprint density at radius 1 is 0.447 bits per heavy atom. The van der Waals surface area contributed by atoms with Crippen LogP contribution in [0.1, 0.15) is 76.0 Å². The highest BCUT2D eigenvalue weighted by Crippen LogP contribution is 2.42. The molecule has 0 aliphatic rings. The molecular formula is C36H45OP. The van der Waals surface area contributed by atoms with Gasteiger partial charge < -0.3 is 4.57 Å². The van der Waals surface area contributed by atoms with E-state index in [0.29, 0.717) is 0 Å². The zero-order valence-corrected chi connectivity index (χ0v) is 24.5. The molecule has 0 aromatic heterocycles. The fraction of sp³-hybridized carbons (Fsp3) is 0.333. The third-order valence-electron chi connectivity index (χ3n) is 6.83. The number of unbranched alkanes of at least 4 members (excludes halogenated alkanes) is 3. The van der Waals surface area contributed by atoms with Crippen LogP contribution in [0.2, 0.25) is 0 Å². The minimum Gasteiger partial charge on any atom is -0.309 e. The molecule has 3 aromatic carbocycles. The minimum atomic E-state index is -3.00. The third kappa shape index (κ3) is 8.57. The van der Waals surface area contributed by atoms with Crippen LogP contribution >= 0.6 is 7.14 Å². The largest absolute Gasteiger partial charge is 0.309 e. The molecule has 0 heterocycles. The second kappa shape index (κ2) is 16.2. The fourth-order valence-electron chi connectivity index (χ4n) is 4.48. The third-order valence-corrected chi connectivity index (χ3v) is 9.90. The van der Waals surface area contributed by atoms with Crippen molar-refractivity contribution < 1.29 is 4.57 Å². The molecule has 0 aliphatic heterocycles. The van der Waals surface area contributed by atoms with Crippen molar-refractivity contribution in [1.29, 1.82) is 0 Å². The smallest absolute Gasteiger partial charge is 0.171 e. The highest BCUT2D eigenvalue weighted by molar-refractivity contribution is 7.85. The number of allylic oxidation sites excluding steroid dienone is 6. The molecule has 0 N–H and O–H groups in total. The van der Waals surface area contributed by atoms with Crippen molar-refractivity contribution in [2.75, 3.05) is 0 Å². The Labute approximate surface area is 231 Å². The summed E-state index contributed by atoms with van der Waals surface area (Å²) in [4.78, 5) is 0. The van der Waals surface area contributed by atoms with Crippen molar-refractivity contribution in [3.05, 3.63) is 126 Å². The van der Waals surface area contributed by atoms with Gasteiger partial charge in [0.05, 0.1) is 0 Å². The predicted molar refractivity (Wildman–Crippen MR) is 169 cm³/mol. The van der Waals surface area contributed by atoms with E-state index in [0.717, 1.165) is 54.4 Å². The molecule has 0 aliphatic carbocycles. The summed E-state index contributed by atoms with van der Waals surface area (Å²) in [5.41, 5.74) is 3.74. The zero-order chi connectivity index (χ0) is 27.1. The molecule has 1 nitrogen and oxygen atoms in total. The molecule has 0 saturated carbocycles.